The Bertz CT molecular complexity index is 499. The topological polar surface area (TPSA) is 55.6 Å². The van der Waals surface area contributed by atoms with Gasteiger partial charge in [0, 0.05) is 13.6 Å². The van der Waals surface area contributed by atoms with Crippen LogP contribution in [0.1, 0.15) is 31.2 Å². The number of rotatable bonds is 4. The molecule has 0 bridgehead atoms. The molecule has 0 unspecified atom stereocenters. The Morgan fingerprint density at radius 1 is 1.45 bits per heavy atom. The Morgan fingerprint density at radius 3 is 2.65 bits per heavy atom. The van der Waals surface area contributed by atoms with Crippen LogP contribution in [0.25, 0.3) is 0 Å². The molecule has 1 saturated carbocycles. The molecule has 2 rings (SSSR count). The van der Waals surface area contributed by atoms with Gasteiger partial charge in [-0.15, -0.1) is 0 Å². The Labute approximate surface area is 118 Å². The van der Waals surface area contributed by atoms with Crippen molar-refractivity contribution in [3.63, 3.8) is 0 Å². The normalized spacial score (nSPS) is 17.0. The summed E-state index contributed by atoms with van der Waals surface area (Å²) in [5, 5.41) is 0. The lowest BCUT2D eigenvalue weighted by Crippen LogP contribution is -2.52. The first-order valence-corrected chi connectivity index (χ1v) is 6.83. The van der Waals surface area contributed by atoms with Crippen LogP contribution in [0.3, 0.4) is 0 Å². The Balaban J connectivity index is 2.05. The van der Waals surface area contributed by atoms with Crippen LogP contribution in [-0.2, 0) is 11.3 Å². The van der Waals surface area contributed by atoms with Crippen molar-refractivity contribution >= 4 is 5.91 Å². The van der Waals surface area contributed by atoms with Gasteiger partial charge in [-0.05, 0) is 30.5 Å². The van der Waals surface area contributed by atoms with E-state index in [-0.39, 0.29) is 11.7 Å². The van der Waals surface area contributed by atoms with Gasteiger partial charge in [0.2, 0.25) is 5.91 Å². The molecule has 4 nitrogen and oxygen atoms in total. The number of nitrogens with zero attached hydrogens (tertiary/aromatic N) is 1. The largest absolute Gasteiger partial charge is 0.494 e. The van der Waals surface area contributed by atoms with Crippen LogP contribution >= 0.6 is 0 Å². The Hall–Kier alpha value is -1.62. The van der Waals surface area contributed by atoms with E-state index in [1.54, 1.807) is 24.1 Å². The second kappa shape index (κ2) is 5.79. The molecular formula is C15H21FN2O2. The van der Waals surface area contributed by atoms with Gasteiger partial charge >= 0.3 is 0 Å². The van der Waals surface area contributed by atoms with Crippen molar-refractivity contribution in [2.75, 3.05) is 14.2 Å². The zero-order chi connectivity index (χ0) is 14.8. The zero-order valence-corrected chi connectivity index (χ0v) is 12.0. The van der Waals surface area contributed by atoms with Gasteiger partial charge < -0.3 is 15.4 Å². The summed E-state index contributed by atoms with van der Waals surface area (Å²) in [7, 11) is 3.13. The maximum atomic E-state index is 13.6. The number of methoxy groups -OCH3 is 1. The fraction of sp³-hybridized carbons (Fsp3) is 0.533. The van der Waals surface area contributed by atoms with Gasteiger partial charge in [0.05, 0.1) is 12.6 Å². The van der Waals surface area contributed by atoms with Crippen LogP contribution in [0.15, 0.2) is 18.2 Å². The first-order chi connectivity index (χ1) is 9.46. The van der Waals surface area contributed by atoms with Crippen LogP contribution in [0.4, 0.5) is 4.39 Å². The quantitative estimate of drug-likeness (QED) is 0.918. The number of carbonyl (C=O) groups is 1. The summed E-state index contributed by atoms with van der Waals surface area (Å²) in [6, 6.07) is 4.71. The molecule has 1 aromatic carbocycles. The van der Waals surface area contributed by atoms with Crippen molar-refractivity contribution in [3.05, 3.63) is 29.6 Å². The van der Waals surface area contributed by atoms with Crippen molar-refractivity contribution < 1.29 is 13.9 Å². The average molecular weight is 280 g/mol. The Morgan fingerprint density at radius 2 is 2.10 bits per heavy atom. The van der Waals surface area contributed by atoms with Gasteiger partial charge in [0.15, 0.2) is 11.6 Å². The lowest BCUT2D eigenvalue weighted by molar-refractivity contribution is -0.136. The number of likely N-dealkylation sites (N-methyl/N-ethyl adjacent to an activating group) is 1. The van der Waals surface area contributed by atoms with Crippen molar-refractivity contribution in [2.24, 2.45) is 5.73 Å². The lowest BCUT2D eigenvalue weighted by atomic mass is 9.97. The molecule has 20 heavy (non-hydrogen) atoms. The number of hydrogen-bond donors (Lipinski definition) is 1. The van der Waals surface area contributed by atoms with E-state index in [9.17, 15) is 9.18 Å². The van der Waals surface area contributed by atoms with E-state index in [0.29, 0.717) is 6.54 Å². The second-order valence-electron chi connectivity index (χ2n) is 5.49. The monoisotopic (exact) mass is 280 g/mol. The number of hydrogen-bond acceptors (Lipinski definition) is 3. The van der Waals surface area contributed by atoms with E-state index in [1.165, 1.54) is 13.2 Å². The highest BCUT2D eigenvalue weighted by Crippen LogP contribution is 2.29. The van der Waals surface area contributed by atoms with Crippen molar-refractivity contribution in [3.8, 4) is 5.75 Å². The summed E-state index contributed by atoms with van der Waals surface area (Å²) >= 11 is 0. The molecule has 2 N–H and O–H groups in total. The lowest BCUT2D eigenvalue weighted by Gasteiger charge is -2.28. The molecule has 0 aromatic heterocycles. The summed E-state index contributed by atoms with van der Waals surface area (Å²) in [5.41, 5.74) is 6.13. The molecular weight excluding hydrogens is 259 g/mol. The highest BCUT2D eigenvalue weighted by Gasteiger charge is 2.38. The van der Waals surface area contributed by atoms with Crippen LogP contribution < -0.4 is 10.5 Å². The number of benzene rings is 1. The maximum absolute atomic E-state index is 13.6. The molecule has 0 heterocycles. The van der Waals surface area contributed by atoms with E-state index >= 15 is 0 Å². The smallest absolute Gasteiger partial charge is 0.242 e. The number of nitrogens with two attached hydrogens (primary N) is 1. The summed E-state index contributed by atoms with van der Waals surface area (Å²) < 4.78 is 18.5. The van der Waals surface area contributed by atoms with Gasteiger partial charge in [-0.2, -0.15) is 0 Å². The summed E-state index contributed by atoms with van der Waals surface area (Å²) in [4.78, 5) is 13.9. The fourth-order valence-corrected chi connectivity index (χ4v) is 2.75. The van der Waals surface area contributed by atoms with E-state index in [4.69, 9.17) is 10.5 Å². The zero-order valence-electron chi connectivity index (χ0n) is 12.0. The highest BCUT2D eigenvalue weighted by molar-refractivity contribution is 5.86. The molecule has 1 aliphatic rings. The minimum Gasteiger partial charge on any atom is -0.494 e. The third-order valence-corrected chi connectivity index (χ3v) is 3.90. The van der Waals surface area contributed by atoms with E-state index in [0.717, 1.165) is 31.2 Å². The molecule has 1 aliphatic carbocycles. The van der Waals surface area contributed by atoms with Gasteiger partial charge in [-0.1, -0.05) is 18.9 Å². The minimum absolute atomic E-state index is 0.0637. The van der Waals surface area contributed by atoms with E-state index in [2.05, 4.69) is 0 Å². The molecule has 0 saturated heterocycles. The molecule has 110 valence electrons. The number of amides is 1. The van der Waals surface area contributed by atoms with Gasteiger partial charge in [0.25, 0.3) is 0 Å². The summed E-state index contributed by atoms with van der Waals surface area (Å²) in [6.07, 6.45) is 3.45. The molecule has 0 spiro atoms. The molecule has 1 aromatic rings. The van der Waals surface area contributed by atoms with E-state index in [1.807, 2.05) is 0 Å². The summed E-state index contributed by atoms with van der Waals surface area (Å²) in [5.74, 6) is -0.283. The SMILES string of the molecule is COc1ccc(CN(C)C(=O)C2(N)CCCC2)cc1F. The van der Waals surface area contributed by atoms with Crippen LogP contribution in [-0.4, -0.2) is 30.5 Å². The molecule has 5 heteroatoms. The molecule has 0 atom stereocenters. The second-order valence-corrected chi connectivity index (χ2v) is 5.49. The van der Waals surface area contributed by atoms with Crippen molar-refractivity contribution in [1.82, 2.24) is 4.90 Å². The van der Waals surface area contributed by atoms with Crippen molar-refractivity contribution in [2.45, 2.75) is 37.8 Å². The first-order valence-electron chi connectivity index (χ1n) is 6.83. The molecule has 0 radical (unpaired) electrons. The highest BCUT2D eigenvalue weighted by atomic mass is 19.1. The molecule has 1 fully saturated rings. The van der Waals surface area contributed by atoms with E-state index < -0.39 is 11.4 Å². The standard InChI is InChI=1S/C15H21FN2O2/c1-18(14(19)15(17)7-3-4-8-15)10-11-5-6-13(20-2)12(16)9-11/h5-6,9H,3-4,7-8,10,17H2,1-2H3. The number of ether oxygens (including phenoxy) is 1. The number of carbonyl (C=O) groups excluding carboxylic acids is 1. The van der Waals surface area contributed by atoms with Crippen LogP contribution in [0, 0.1) is 5.82 Å². The molecule has 0 aliphatic heterocycles. The summed E-state index contributed by atoms with van der Waals surface area (Å²) in [6.45, 7) is 0.346. The van der Waals surface area contributed by atoms with Crippen LogP contribution in [0.2, 0.25) is 0 Å². The molecule has 1 amide bonds. The average Bonchev–Trinajstić information content (AvgIpc) is 2.86. The predicted molar refractivity (Wildman–Crippen MR) is 74.8 cm³/mol. The maximum Gasteiger partial charge on any atom is 0.242 e. The van der Waals surface area contributed by atoms with Crippen molar-refractivity contribution in [1.29, 1.82) is 0 Å². The van der Waals surface area contributed by atoms with Crippen LogP contribution in [0.5, 0.6) is 5.75 Å². The first kappa shape index (κ1) is 14.8. The Kier molecular flexibility index (Phi) is 4.28. The number of halogens is 1. The minimum atomic E-state index is -0.736. The third-order valence-electron chi connectivity index (χ3n) is 3.90. The van der Waals surface area contributed by atoms with Gasteiger partial charge in [0.1, 0.15) is 0 Å². The third kappa shape index (κ3) is 2.93. The fourth-order valence-electron chi connectivity index (χ4n) is 2.75. The van der Waals surface area contributed by atoms with Gasteiger partial charge in [-0.3, -0.25) is 4.79 Å². The predicted octanol–water partition coefficient (Wildman–Crippen LogP) is 2.06. The van der Waals surface area contributed by atoms with Gasteiger partial charge in [-0.25, -0.2) is 4.39 Å².